The van der Waals surface area contributed by atoms with E-state index in [0.717, 1.165) is 16.3 Å². The zero-order valence-electron chi connectivity index (χ0n) is 18.6. The van der Waals surface area contributed by atoms with Gasteiger partial charge in [-0.15, -0.1) is 0 Å². The Labute approximate surface area is 197 Å². The molecule has 11 heteroatoms. The second kappa shape index (κ2) is 9.40. The molecule has 2 aromatic carbocycles. The first-order chi connectivity index (χ1) is 16.3. The second-order valence-corrected chi connectivity index (χ2v) is 8.30. The molecular weight excluding hydrogens is 458 g/mol. The summed E-state index contributed by atoms with van der Waals surface area (Å²) in [5, 5.41) is 3.32. The summed E-state index contributed by atoms with van der Waals surface area (Å²) >= 11 is 1.06. The lowest BCUT2D eigenvalue weighted by molar-refractivity contribution is -0.113. The molecule has 0 atom stereocenters. The first kappa shape index (κ1) is 23.1. The van der Waals surface area contributed by atoms with E-state index in [-0.39, 0.29) is 17.1 Å². The van der Waals surface area contributed by atoms with E-state index in [1.807, 2.05) is 0 Å². The van der Waals surface area contributed by atoms with Gasteiger partial charge in [-0.1, -0.05) is 30.0 Å². The van der Waals surface area contributed by atoms with Crippen LogP contribution in [0.2, 0.25) is 0 Å². The normalized spacial score (nSPS) is 10.9. The van der Waals surface area contributed by atoms with E-state index in [9.17, 15) is 19.2 Å². The van der Waals surface area contributed by atoms with Crippen molar-refractivity contribution in [1.29, 1.82) is 0 Å². The summed E-state index contributed by atoms with van der Waals surface area (Å²) in [7, 11) is 4.34. The average molecular weight is 480 g/mol. The molecule has 0 aliphatic carbocycles. The molecule has 4 rings (SSSR count). The van der Waals surface area contributed by atoms with Crippen LogP contribution in [0.25, 0.3) is 16.6 Å². The van der Waals surface area contributed by atoms with Crippen molar-refractivity contribution in [2.75, 3.05) is 18.2 Å². The van der Waals surface area contributed by atoms with Gasteiger partial charge in [0.05, 0.1) is 29.5 Å². The molecule has 0 fully saturated rings. The van der Waals surface area contributed by atoms with Gasteiger partial charge in [-0.25, -0.2) is 9.78 Å². The highest BCUT2D eigenvalue weighted by Crippen LogP contribution is 2.23. The number of nitrogens with one attached hydrogen (secondary N) is 1. The molecule has 4 aromatic rings. The van der Waals surface area contributed by atoms with Gasteiger partial charge in [-0.2, -0.15) is 0 Å². The minimum absolute atomic E-state index is 0.0790. The lowest BCUT2D eigenvalue weighted by Gasteiger charge is -2.14. The topological polar surface area (TPSA) is 117 Å². The molecule has 1 N–H and O–H groups in total. The predicted octanol–water partition coefficient (Wildman–Crippen LogP) is 1.52. The summed E-state index contributed by atoms with van der Waals surface area (Å²) in [5.74, 6) is 0.0686. The van der Waals surface area contributed by atoms with E-state index in [1.165, 1.54) is 36.4 Å². The number of fused-ring (bicyclic) bond motifs is 1. The van der Waals surface area contributed by atoms with Crippen molar-refractivity contribution in [3.8, 4) is 11.4 Å². The summed E-state index contributed by atoms with van der Waals surface area (Å²) in [6.07, 6.45) is 0. The molecule has 0 spiro atoms. The van der Waals surface area contributed by atoms with E-state index in [2.05, 4.69) is 10.3 Å². The van der Waals surface area contributed by atoms with Crippen LogP contribution in [-0.4, -0.2) is 37.5 Å². The number of thioether (sulfide) groups is 1. The quantitative estimate of drug-likeness (QED) is 0.329. The maximum absolute atomic E-state index is 13.3. The number of amides is 1. The van der Waals surface area contributed by atoms with Crippen molar-refractivity contribution in [2.45, 2.75) is 5.16 Å². The number of carbonyl (C=O) groups is 1. The minimum Gasteiger partial charge on any atom is -0.497 e. The third-order valence-corrected chi connectivity index (χ3v) is 6.12. The summed E-state index contributed by atoms with van der Waals surface area (Å²) in [6, 6.07) is 15.1. The molecule has 174 valence electrons. The fourth-order valence-electron chi connectivity index (χ4n) is 3.35. The number of methoxy groups -OCH3 is 1. The number of para-hydroxylation sites is 1. The van der Waals surface area contributed by atoms with Crippen molar-refractivity contribution < 1.29 is 9.53 Å². The average Bonchev–Trinajstić information content (AvgIpc) is 2.84. The first-order valence-electron chi connectivity index (χ1n) is 10.2. The van der Waals surface area contributed by atoms with Gasteiger partial charge in [-0.3, -0.25) is 28.1 Å². The number of carbonyl (C=O) groups excluding carboxylic acids is 1. The molecule has 0 saturated heterocycles. The van der Waals surface area contributed by atoms with Crippen molar-refractivity contribution in [3.05, 3.63) is 85.8 Å². The molecule has 0 unspecified atom stereocenters. The molecule has 0 radical (unpaired) electrons. The van der Waals surface area contributed by atoms with Crippen LogP contribution >= 0.6 is 11.8 Å². The van der Waals surface area contributed by atoms with Gasteiger partial charge >= 0.3 is 5.69 Å². The van der Waals surface area contributed by atoms with Gasteiger partial charge in [0.25, 0.3) is 11.1 Å². The van der Waals surface area contributed by atoms with Gasteiger partial charge in [0.1, 0.15) is 11.6 Å². The molecule has 2 heterocycles. The lowest BCUT2D eigenvalue weighted by Crippen LogP contribution is -2.38. The first-order valence-corrected chi connectivity index (χ1v) is 11.1. The van der Waals surface area contributed by atoms with Crippen molar-refractivity contribution >= 4 is 34.4 Å². The van der Waals surface area contributed by atoms with E-state index < -0.39 is 17.2 Å². The Kier molecular flexibility index (Phi) is 6.37. The van der Waals surface area contributed by atoms with Gasteiger partial charge < -0.3 is 10.1 Å². The fraction of sp³-hybridized carbons (Fsp3) is 0.174. The van der Waals surface area contributed by atoms with Crippen LogP contribution in [0, 0.1) is 0 Å². The highest BCUT2D eigenvalue weighted by Gasteiger charge is 2.16. The fourth-order valence-corrected chi connectivity index (χ4v) is 4.16. The monoisotopic (exact) mass is 479 g/mol. The largest absolute Gasteiger partial charge is 0.497 e. The maximum Gasteiger partial charge on any atom is 0.332 e. The molecule has 10 nitrogen and oxygen atoms in total. The Morgan fingerprint density at radius 1 is 1.03 bits per heavy atom. The predicted molar refractivity (Wildman–Crippen MR) is 130 cm³/mol. The highest BCUT2D eigenvalue weighted by molar-refractivity contribution is 7.99. The summed E-state index contributed by atoms with van der Waals surface area (Å²) in [5.41, 5.74) is -0.327. The van der Waals surface area contributed by atoms with E-state index in [4.69, 9.17) is 4.74 Å². The summed E-state index contributed by atoms with van der Waals surface area (Å²) in [4.78, 5) is 54.6. The maximum atomic E-state index is 13.3. The molecule has 1 amide bonds. The van der Waals surface area contributed by atoms with Crippen LogP contribution in [0.1, 0.15) is 0 Å². The molecule has 34 heavy (non-hydrogen) atoms. The molecule has 0 bridgehead atoms. The number of hydrogen-bond acceptors (Lipinski definition) is 7. The van der Waals surface area contributed by atoms with Crippen LogP contribution < -0.4 is 26.9 Å². The van der Waals surface area contributed by atoms with E-state index in [0.29, 0.717) is 27.5 Å². The molecular formula is C23H21N5O5S. The van der Waals surface area contributed by atoms with Gasteiger partial charge in [0.15, 0.2) is 5.16 Å². The van der Waals surface area contributed by atoms with Crippen molar-refractivity contribution in [1.82, 2.24) is 18.7 Å². The number of aromatic nitrogens is 4. The highest BCUT2D eigenvalue weighted by atomic mass is 32.2. The standard InChI is InChI=1S/C23H21N5O5S/c1-26-18(12-20(30)27(2)23(26)32)25-19(29)13-34-22-24-17-10-5-4-9-16(17)21(31)28(22)14-7-6-8-15(11-14)33-3/h4-12H,13H2,1-3H3,(H,25,29). The van der Waals surface area contributed by atoms with Gasteiger partial charge in [0, 0.05) is 26.2 Å². The SMILES string of the molecule is COc1cccc(-n2c(SCC(=O)Nc3cc(=O)n(C)c(=O)n3C)nc3ccccc3c2=O)c1. The number of anilines is 1. The third-order valence-electron chi connectivity index (χ3n) is 5.18. The number of nitrogens with zero attached hydrogens (tertiary/aromatic N) is 4. The Morgan fingerprint density at radius 3 is 2.56 bits per heavy atom. The van der Waals surface area contributed by atoms with Crippen LogP contribution in [0.5, 0.6) is 5.75 Å². The van der Waals surface area contributed by atoms with Crippen LogP contribution in [0.15, 0.2) is 74.1 Å². The number of ether oxygens (including phenoxy) is 1. The Morgan fingerprint density at radius 2 is 1.79 bits per heavy atom. The summed E-state index contributed by atoms with van der Waals surface area (Å²) < 4.78 is 8.82. The van der Waals surface area contributed by atoms with E-state index >= 15 is 0 Å². The summed E-state index contributed by atoms with van der Waals surface area (Å²) in [6.45, 7) is 0. The zero-order valence-corrected chi connectivity index (χ0v) is 19.5. The lowest BCUT2D eigenvalue weighted by atomic mass is 10.2. The smallest absolute Gasteiger partial charge is 0.332 e. The van der Waals surface area contributed by atoms with Crippen molar-refractivity contribution in [2.24, 2.45) is 14.1 Å². The molecule has 0 saturated carbocycles. The zero-order chi connectivity index (χ0) is 24.4. The third kappa shape index (κ3) is 4.37. The molecule has 0 aliphatic heterocycles. The van der Waals surface area contributed by atoms with Gasteiger partial charge in [-0.05, 0) is 24.3 Å². The Balaban J connectivity index is 1.69. The van der Waals surface area contributed by atoms with E-state index in [1.54, 1.807) is 48.5 Å². The molecule has 0 aliphatic rings. The van der Waals surface area contributed by atoms with Crippen LogP contribution in [0.3, 0.4) is 0 Å². The second-order valence-electron chi connectivity index (χ2n) is 7.36. The van der Waals surface area contributed by atoms with Gasteiger partial charge in [0.2, 0.25) is 5.91 Å². The Bertz CT molecular complexity index is 1590. The van der Waals surface area contributed by atoms with Crippen LogP contribution in [0.4, 0.5) is 5.82 Å². The number of hydrogen-bond donors (Lipinski definition) is 1. The number of rotatable bonds is 6. The van der Waals surface area contributed by atoms with Crippen LogP contribution in [-0.2, 0) is 18.9 Å². The molecule has 2 aromatic heterocycles. The minimum atomic E-state index is -0.557. The van der Waals surface area contributed by atoms with Crippen molar-refractivity contribution in [3.63, 3.8) is 0 Å². The number of benzene rings is 2. The Hall–Kier alpha value is -4.12.